The second kappa shape index (κ2) is 6.77. The van der Waals surface area contributed by atoms with Gasteiger partial charge in [-0.25, -0.2) is 0 Å². The van der Waals surface area contributed by atoms with Crippen molar-refractivity contribution in [3.63, 3.8) is 0 Å². The molecule has 1 amide bonds. The summed E-state index contributed by atoms with van der Waals surface area (Å²) in [6.07, 6.45) is 2.00. The van der Waals surface area contributed by atoms with Crippen molar-refractivity contribution in [1.82, 2.24) is 10.2 Å². The van der Waals surface area contributed by atoms with E-state index in [0.717, 1.165) is 44.0 Å². The molecule has 0 atom stereocenters. The monoisotopic (exact) mass is 310 g/mol. The van der Waals surface area contributed by atoms with Crippen molar-refractivity contribution in [2.75, 3.05) is 29.4 Å². The van der Waals surface area contributed by atoms with Crippen LogP contribution in [0.25, 0.3) is 0 Å². The molecule has 0 saturated carbocycles. The predicted octanol–water partition coefficient (Wildman–Crippen LogP) is 2.92. The normalized spacial score (nSPS) is 13.6. The zero-order valence-corrected chi connectivity index (χ0v) is 13.7. The first-order valence-corrected chi connectivity index (χ1v) is 8.23. The van der Waals surface area contributed by atoms with Crippen LogP contribution >= 0.6 is 0 Å². The number of hydrogen-bond donors (Lipinski definition) is 0. The summed E-state index contributed by atoms with van der Waals surface area (Å²) in [5.41, 5.74) is 2.62. The highest BCUT2D eigenvalue weighted by Gasteiger charge is 2.24. The van der Waals surface area contributed by atoms with E-state index in [2.05, 4.69) is 35.0 Å². The zero-order valence-electron chi connectivity index (χ0n) is 13.7. The van der Waals surface area contributed by atoms with Crippen LogP contribution in [-0.4, -0.2) is 35.7 Å². The van der Waals surface area contributed by atoms with E-state index in [1.807, 2.05) is 29.2 Å². The van der Waals surface area contributed by atoms with Gasteiger partial charge in [0.1, 0.15) is 0 Å². The maximum absolute atomic E-state index is 12.8. The summed E-state index contributed by atoms with van der Waals surface area (Å²) in [6.45, 7) is 6.63. The van der Waals surface area contributed by atoms with E-state index in [4.69, 9.17) is 0 Å². The van der Waals surface area contributed by atoms with Crippen molar-refractivity contribution >= 4 is 17.4 Å². The Morgan fingerprint density at radius 1 is 1.13 bits per heavy atom. The lowest BCUT2D eigenvalue weighted by atomic mass is 10.0. The Kier molecular flexibility index (Phi) is 4.55. The van der Waals surface area contributed by atoms with Crippen molar-refractivity contribution in [2.45, 2.75) is 26.7 Å². The van der Waals surface area contributed by atoms with E-state index in [1.54, 1.807) is 6.07 Å². The second-order valence-corrected chi connectivity index (χ2v) is 5.64. The van der Waals surface area contributed by atoms with E-state index in [-0.39, 0.29) is 5.91 Å². The Morgan fingerprint density at radius 3 is 2.61 bits per heavy atom. The Hall–Kier alpha value is -2.43. The van der Waals surface area contributed by atoms with Crippen LogP contribution in [0.1, 0.15) is 36.3 Å². The largest absolute Gasteiger partial charge is 0.356 e. The maximum atomic E-state index is 12.8. The molecule has 3 rings (SSSR count). The number of amides is 1. The van der Waals surface area contributed by atoms with E-state index in [1.165, 1.54) is 5.56 Å². The van der Waals surface area contributed by atoms with Crippen molar-refractivity contribution < 1.29 is 4.79 Å². The average molecular weight is 310 g/mol. The minimum atomic E-state index is -0.0734. The summed E-state index contributed by atoms with van der Waals surface area (Å²) in [7, 11) is 0. The summed E-state index contributed by atoms with van der Waals surface area (Å²) < 4.78 is 0. The van der Waals surface area contributed by atoms with Crippen molar-refractivity contribution in [3.05, 3.63) is 47.7 Å². The van der Waals surface area contributed by atoms with Gasteiger partial charge in [-0.15, -0.1) is 10.2 Å². The Bertz CT molecular complexity index is 680. The summed E-state index contributed by atoms with van der Waals surface area (Å²) >= 11 is 0. The number of nitrogens with zero attached hydrogens (tertiary/aromatic N) is 4. The van der Waals surface area contributed by atoms with Gasteiger partial charge in [-0.2, -0.15) is 0 Å². The molecule has 2 aromatic rings. The highest BCUT2D eigenvalue weighted by Crippen LogP contribution is 2.27. The fourth-order valence-electron chi connectivity index (χ4n) is 3.04. The third-order valence-corrected chi connectivity index (χ3v) is 4.31. The minimum absolute atomic E-state index is 0.0734. The van der Waals surface area contributed by atoms with Crippen molar-refractivity contribution in [3.8, 4) is 0 Å². The SMILES string of the molecule is CCN(CC)c1ccc(C(=O)N2CCCc3ccccc32)nn1. The summed E-state index contributed by atoms with van der Waals surface area (Å²) in [5, 5.41) is 8.38. The summed E-state index contributed by atoms with van der Waals surface area (Å²) in [5.74, 6) is 0.737. The molecule has 1 aromatic heterocycles. The molecular formula is C18H22N4O. The highest BCUT2D eigenvalue weighted by molar-refractivity contribution is 6.05. The van der Waals surface area contributed by atoms with Crippen molar-refractivity contribution in [1.29, 1.82) is 0 Å². The number of benzene rings is 1. The van der Waals surface area contributed by atoms with Crippen LogP contribution in [0.3, 0.4) is 0 Å². The van der Waals surface area contributed by atoms with E-state index >= 15 is 0 Å². The smallest absolute Gasteiger partial charge is 0.278 e. The Labute approximate surface area is 136 Å². The molecule has 120 valence electrons. The molecule has 0 fully saturated rings. The molecule has 0 unspecified atom stereocenters. The van der Waals surface area contributed by atoms with Crippen molar-refractivity contribution in [2.24, 2.45) is 0 Å². The third kappa shape index (κ3) is 3.04. The first-order valence-electron chi connectivity index (χ1n) is 8.23. The minimum Gasteiger partial charge on any atom is -0.356 e. The molecule has 1 aromatic carbocycles. The molecule has 1 aliphatic rings. The molecule has 0 N–H and O–H groups in total. The number of carbonyl (C=O) groups is 1. The van der Waals surface area contributed by atoms with E-state index in [0.29, 0.717) is 5.69 Å². The topological polar surface area (TPSA) is 49.3 Å². The standard InChI is InChI=1S/C18H22N4O/c1-3-21(4-2)17-12-11-15(19-20-17)18(23)22-13-7-9-14-8-5-6-10-16(14)22/h5-6,8,10-12H,3-4,7,9,13H2,1-2H3. The van der Waals surface area contributed by atoms with Gasteiger partial charge < -0.3 is 9.80 Å². The van der Waals surface area contributed by atoms with Gasteiger partial charge in [0.15, 0.2) is 11.5 Å². The summed E-state index contributed by atoms with van der Waals surface area (Å²) in [6, 6.07) is 11.7. The second-order valence-electron chi connectivity index (χ2n) is 5.64. The quantitative estimate of drug-likeness (QED) is 0.871. The number of fused-ring (bicyclic) bond motifs is 1. The molecule has 23 heavy (non-hydrogen) atoms. The molecule has 0 bridgehead atoms. The fraction of sp³-hybridized carbons (Fsp3) is 0.389. The lowest BCUT2D eigenvalue weighted by Crippen LogP contribution is -2.36. The highest BCUT2D eigenvalue weighted by atomic mass is 16.2. The Balaban J connectivity index is 1.84. The third-order valence-electron chi connectivity index (χ3n) is 4.31. The van der Waals surface area contributed by atoms with Crippen LogP contribution in [0.15, 0.2) is 36.4 Å². The number of aryl methyl sites for hydroxylation is 1. The average Bonchev–Trinajstić information content (AvgIpc) is 2.62. The lowest BCUT2D eigenvalue weighted by Gasteiger charge is -2.29. The first kappa shape index (κ1) is 15.5. The Morgan fingerprint density at radius 2 is 1.91 bits per heavy atom. The number of rotatable bonds is 4. The van der Waals surface area contributed by atoms with Gasteiger partial charge in [0, 0.05) is 25.3 Å². The molecule has 0 spiro atoms. The van der Waals surface area contributed by atoms with Gasteiger partial charge in [-0.05, 0) is 50.5 Å². The van der Waals surface area contributed by atoms with Crippen LogP contribution in [0.5, 0.6) is 0 Å². The maximum Gasteiger partial charge on any atom is 0.278 e. The number of aromatic nitrogens is 2. The molecular weight excluding hydrogens is 288 g/mol. The van der Waals surface area contributed by atoms with Crippen LogP contribution in [0.4, 0.5) is 11.5 Å². The number of hydrogen-bond acceptors (Lipinski definition) is 4. The molecule has 5 heteroatoms. The molecule has 2 heterocycles. The number of carbonyl (C=O) groups excluding carboxylic acids is 1. The fourth-order valence-corrected chi connectivity index (χ4v) is 3.04. The molecule has 5 nitrogen and oxygen atoms in total. The predicted molar refractivity (Wildman–Crippen MR) is 92.0 cm³/mol. The van der Waals surface area contributed by atoms with Gasteiger partial charge in [-0.1, -0.05) is 18.2 Å². The van der Waals surface area contributed by atoms with Gasteiger partial charge in [0.25, 0.3) is 5.91 Å². The van der Waals surface area contributed by atoms with Gasteiger partial charge >= 0.3 is 0 Å². The number of para-hydroxylation sites is 1. The van der Waals surface area contributed by atoms with Gasteiger partial charge in [0.2, 0.25) is 0 Å². The van der Waals surface area contributed by atoms with Crippen LogP contribution in [0.2, 0.25) is 0 Å². The van der Waals surface area contributed by atoms with Gasteiger partial charge in [0.05, 0.1) is 0 Å². The van der Waals surface area contributed by atoms with Crippen LogP contribution in [-0.2, 0) is 6.42 Å². The number of anilines is 2. The molecule has 1 aliphatic heterocycles. The summed E-state index contributed by atoms with van der Waals surface area (Å²) in [4.78, 5) is 16.7. The van der Waals surface area contributed by atoms with E-state index < -0.39 is 0 Å². The van der Waals surface area contributed by atoms with Crippen LogP contribution in [0, 0.1) is 0 Å². The molecule has 0 saturated heterocycles. The molecule has 0 aliphatic carbocycles. The first-order chi connectivity index (χ1) is 11.2. The zero-order chi connectivity index (χ0) is 16.2. The van der Waals surface area contributed by atoms with E-state index in [9.17, 15) is 4.79 Å². The molecule has 0 radical (unpaired) electrons. The van der Waals surface area contributed by atoms with Crippen LogP contribution < -0.4 is 9.80 Å². The van der Waals surface area contributed by atoms with Gasteiger partial charge in [-0.3, -0.25) is 4.79 Å². The lowest BCUT2D eigenvalue weighted by molar-refractivity contribution is 0.0979.